The van der Waals surface area contributed by atoms with Gasteiger partial charge in [-0.25, -0.2) is 19.2 Å². The van der Waals surface area contributed by atoms with Crippen LogP contribution in [0.4, 0.5) is 8.78 Å². The molecule has 1 aliphatic heterocycles. The number of hydrazine groups is 1. The molecule has 0 fully saturated rings. The van der Waals surface area contributed by atoms with Gasteiger partial charge in [0.2, 0.25) is 5.90 Å². The summed E-state index contributed by atoms with van der Waals surface area (Å²) in [6.07, 6.45) is -0.202. The van der Waals surface area contributed by atoms with E-state index in [2.05, 4.69) is 26.8 Å². The summed E-state index contributed by atoms with van der Waals surface area (Å²) in [7, 11) is 1.56. The summed E-state index contributed by atoms with van der Waals surface area (Å²) in [6.45, 7) is 0.371. The second-order valence-corrected chi connectivity index (χ2v) is 11.4. The van der Waals surface area contributed by atoms with Crippen LogP contribution in [0.1, 0.15) is 34.8 Å². The number of aliphatic hydroxyl groups excluding tert-OH is 1. The molecule has 0 bridgehead atoms. The van der Waals surface area contributed by atoms with Crippen molar-refractivity contribution in [1.82, 2.24) is 10.9 Å². The van der Waals surface area contributed by atoms with Crippen molar-refractivity contribution < 1.29 is 32.9 Å². The summed E-state index contributed by atoms with van der Waals surface area (Å²) in [4.78, 5) is 19.3. The minimum atomic E-state index is -1.51. The van der Waals surface area contributed by atoms with Gasteiger partial charge < -0.3 is 19.3 Å². The Morgan fingerprint density at radius 2 is 1.71 bits per heavy atom. The molecule has 4 aromatic carbocycles. The number of ether oxygens (including phenoxy) is 3. The van der Waals surface area contributed by atoms with E-state index in [-0.39, 0.29) is 25.5 Å². The number of methoxy groups -OCH3 is 1. The van der Waals surface area contributed by atoms with Crippen molar-refractivity contribution in [2.75, 3.05) is 20.3 Å². The number of halogens is 3. The molecule has 0 unspecified atom stereocenters. The van der Waals surface area contributed by atoms with Gasteiger partial charge in [0.1, 0.15) is 23.1 Å². The predicted molar refractivity (Wildman–Crippen MR) is 169 cm³/mol. The summed E-state index contributed by atoms with van der Waals surface area (Å²) in [5.74, 6) is -0.485. The maximum atomic E-state index is 14.3. The normalized spacial score (nSPS) is 17.4. The van der Waals surface area contributed by atoms with Crippen LogP contribution < -0.4 is 20.3 Å². The number of carbonyl (C=O) groups is 1. The summed E-state index contributed by atoms with van der Waals surface area (Å²) >= 11 is 3.47. The summed E-state index contributed by atoms with van der Waals surface area (Å²) in [6, 6.07) is 25.1. The lowest BCUT2D eigenvalue weighted by Gasteiger charge is -2.31. The van der Waals surface area contributed by atoms with Gasteiger partial charge in [0.15, 0.2) is 11.6 Å². The van der Waals surface area contributed by atoms with Crippen molar-refractivity contribution in [3.05, 3.63) is 129 Å². The largest absolute Gasteiger partial charge is 0.497 e. The molecule has 0 saturated heterocycles. The van der Waals surface area contributed by atoms with Gasteiger partial charge in [0.25, 0.3) is 5.91 Å². The highest BCUT2D eigenvalue weighted by Gasteiger charge is 2.53. The Labute approximate surface area is 268 Å². The maximum absolute atomic E-state index is 14.3. The predicted octanol–water partition coefficient (Wildman–Crippen LogP) is 5.82. The van der Waals surface area contributed by atoms with Crippen LogP contribution in [0.2, 0.25) is 0 Å². The van der Waals surface area contributed by atoms with Crippen molar-refractivity contribution in [2.24, 2.45) is 4.99 Å². The van der Waals surface area contributed by atoms with Crippen LogP contribution in [0.5, 0.6) is 11.5 Å². The first-order valence-corrected chi connectivity index (χ1v) is 15.1. The second kappa shape index (κ2) is 14.6. The van der Waals surface area contributed by atoms with Gasteiger partial charge in [-0.15, -0.1) is 0 Å². The number of carbonyl (C=O) groups excluding carboxylic acids is 1. The van der Waals surface area contributed by atoms with E-state index >= 15 is 0 Å². The van der Waals surface area contributed by atoms with Crippen LogP contribution in [0.15, 0.2) is 100 Å². The molecule has 0 spiro atoms. The van der Waals surface area contributed by atoms with E-state index in [9.17, 15) is 13.6 Å². The van der Waals surface area contributed by atoms with Gasteiger partial charge in [0, 0.05) is 42.1 Å². The fourth-order valence-electron chi connectivity index (χ4n) is 5.05. The first kappa shape index (κ1) is 32.1. The van der Waals surface area contributed by atoms with Crippen molar-refractivity contribution >= 4 is 27.7 Å². The monoisotopic (exact) mass is 679 g/mol. The number of nitrogens with one attached hydrogen (secondary N) is 2. The van der Waals surface area contributed by atoms with Gasteiger partial charge in [-0.2, -0.15) is 0 Å². The van der Waals surface area contributed by atoms with E-state index in [0.29, 0.717) is 41.2 Å². The molecule has 1 aliphatic rings. The third kappa shape index (κ3) is 7.86. The Balaban J connectivity index is 1.52. The van der Waals surface area contributed by atoms with E-state index in [4.69, 9.17) is 24.3 Å². The Bertz CT molecular complexity index is 1630. The average Bonchev–Trinajstić information content (AvgIpc) is 3.42. The molecule has 11 heteroatoms. The first-order chi connectivity index (χ1) is 21.8. The Hall–Kier alpha value is -4.32. The molecular weight excluding hydrogens is 648 g/mol. The molecular formula is C34H32BrF2N3O5. The van der Waals surface area contributed by atoms with Crippen LogP contribution in [-0.2, 0) is 22.5 Å². The molecule has 1 amide bonds. The van der Waals surface area contributed by atoms with Crippen LogP contribution in [0.3, 0.4) is 0 Å². The lowest BCUT2D eigenvalue weighted by Crippen LogP contribution is -2.53. The minimum Gasteiger partial charge on any atom is -0.497 e. The van der Waals surface area contributed by atoms with Gasteiger partial charge >= 0.3 is 0 Å². The molecule has 45 heavy (non-hydrogen) atoms. The van der Waals surface area contributed by atoms with Gasteiger partial charge in [0.05, 0.1) is 13.7 Å². The summed E-state index contributed by atoms with van der Waals surface area (Å²) < 4.78 is 46.1. The van der Waals surface area contributed by atoms with E-state index in [1.165, 1.54) is 12.1 Å². The van der Waals surface area contributed by atoms with E-state index < -0.39 is 29.2 Å². The number of hydrogen-bond donors (Lipinski definition) is 3. The van der Waals surface area contributed by atoms with Crippen molar-refractivity contribution in [2.45, 2.75) is 31.0 Å². The zero-order chi connectivity index (χ0) is 31.8. The maximum Gasteiger partial charge on any atom is 0.266 e. The highest BCUT2D eigenvalue weighted by Crippen LogP contribution is 2.43. The molecule has 5 rings (SSSR count). The summed E-state index contributed by atoms with van der Waals surface area (Å²) in [5.41, 5.74) is 6.46. The van der Waals surface area contributed by atoms with Crippen molar-refractivity contribution in [1.29, 1.82) is 0 Å². The molecule has 2 atom stereocenters. The number of hydrogen-bond acceptors (Lipinski definition) is 7. The van der Waals surface area contributed by atoms with Crippen LogP contribution >= 0.6 is 15.9 Å². The molecule has 0 radical (unpaired) electrons. The lowest BCUT2D eigenvalue weighted by atomic mass is 9.82. The molecule has 234 valence electrons. The van der Waals surface area contributed by atoms with Crippen LogP contribution in [0.25, 0.3) is 0 Å². The van der Waals surface area contributed by atoms with Crippen molar-refractivity contribution in [3.8, 4) is 11.5 Å². The number of aliphatic imine (C=N–C) groups is 1. The van der Waals surface area contributed by atoms with Gasteiger partial charge in [-0.05, 0) is 77.4 Å². The molecule has 3 N–H and O–H groups in total. The quantitative estimate of drug-likeness (QED) is 0.122. The zero-order valence-electron chi connectivity index (χ0n) is 24.4. The highest BCUT2D eigenvalue weighted by molar-refractivity contribution is 9.10. The van der Waals surface area contributed by atoms with E-state index in [0.717, 1.165) is 16.1 Å². The van der Waals surface area contributed by atoms with Crippen molar-refractivity contribution in [3.63, 3.8) is 0 Å². The fraction of sp³-hybridized carbons (Fsp3) is 0.235. The Kier molecular flexibility index (Phi) is 10.4. The van der Waals surface area contributed by atoms with Gasteiger partial charge in [-0.3, -0.25) is 10.2 Å². The third-order valence-corrected chi connectivity index (χ3v) is 7.76. The smallest absolute Gasteiger partial charge is 0.266 e. The molecule has 1 heterocycles. The van der Waals surface area contributed by atoms with E-state index in [1.807, 2.05) is 36.4 Å². The molecule has 0 saturated carbocycles. The SMILES string of the molecule is COc1cccc([C@@H]2OC(c3ccc(OCCCO)cc3)=N[C@]2(Cc2ccc(Br)cc2)C(=O)NNCc2cc(F)cc(F)c2)c1. The minimum absolute atomic E-state index is 0.0326. The Morgan fingerprint density at radius 1 is 0.978 bits per heavy atom. The summed E-state index contributed by atoms with van der Waals surface area (Å²) in [5, 5.41) is 9.04. The fourth-order valence-corrected chi connectivity index (χ4v) is 5.31. The van der Waals surface area contributed by atoms with Crippen LogP contribution in [-0.4, -0.2) is 42.8 Å². The number of amides is 1. The second-order valence-electron chi connectivity index (χ2n) is 10.5. The highest BCUT2D eigenvalue weighted by atomic mass is 79.9. The van der Waals surface area contributed by atoms with E-state index in [1.54, 1.807) is 43.5 Å². The van der Waals surface area contributed by atoms with Gasteiger partial charge in [-0.1, -0.05) is 40.2 Å². The first-order valence-electron chi connectivity index (χ1n) is 14.3. The molecule has 4 aromatic rings. The average molecular weight is 681 g/mol. The number of nitrogens with zero attached hydrogens (tertiary/aromatic N) is 1. The number of rotatable bonds is 13. The third-order valence-electron chi connectivity index (χ3n) is 7.23. The molecule has 8 nitrogen and oxygen atoms in total. The Morgan fingerprint density at radius 3 is 2.40 bits per heavy atom. The van der Waals surface area contributed by atoms with Crippen LogP contribution in [0, 0.1) is 11.6 Å². The zero-order valence-corrected chi connectivity index (χ0v) is 26.0. The lowest BCUT2D eigenvalue weighted by molar-refractivity contribution is -0.130. The number of benzene rings is 4. The topological polar surface area (TPSA) is 101 Å². The molecule has 0 aliphatic carbocycles. The standard InChI is InChI=1S/C34H32BrF2N3O5/c1-43-30-5-2-4-25(18-30)31-34(20-22-6-10-26(35)11-7-22,33(42)40-38-21-23-16-27(36)19-28(37)17-23)39-32(45-31)24-8-12-29(13-9-24)44-15-3-14-41/h2,4-13,16-19,31,38,41H,3,14-15,20-21H2,1H3,(H,40,42)/t31-,34-/m0/s1. The molecule has 0 aromatic heterocycles. The number of aliphatic hydroxyl groups is 1.